The standard InChI is InChI=1S/C21H17ClN2O2S/c22-18-8-4-5-9-19(18)23-21(27)24-20(25)16-10-12-17(13-11-16)26-14-15-6-2-1-3-7-15/h1-13H,14H2,(H2,23,24,25,27). The van der Waals surface area contributed by atoms with Gasteiger partial charge in [-0.25, -0.2) is 0 Å². The molecular weight excluding hydrogens is 380 g/mol. The number of benzene rings is 3. The molecule has 0 radical (unpaired) electrons. The van der Waals surface area contributed by atoms with E-state index in [-0.39, 0.29) is 11.0 Å². The molecule has 0 atom stereocenters. The number of carbonyl (C=O) groups is 1. The van der Waals surface area contributed by atoms with Crippen LogP contribution in [-0.4, -0.2) is 11.0 Å². The van der Waals surface area contributed by atoms with Crippen LogP contribution >= 0.6 is 23.8 Å². The maximum atomic E-state index is 12.3. The zero-order chi connectivity index (χ0) is 19.1. The number of anilines is 1. The highest BCUT2D eigenvalue weighted by Gasteiger charge is 2.09. The first-order chi connectivity index (χ1) is 13.1. The molecular formula is C21H17ClN2O2S. The van der Waals surface area contributed by atoms with E-state index in [2.05, 4.69) is 10.6 Å². The first-order valence-electron chi connectivity index (χ1n) is 8.25. The van der Waals surface area contributed by atoms with E-state index in [0.717, 1.165) is 5.56 Å². The Bertz CT molecular complexity index is 930. The van der Waals surface area contributed by atoms with E-state index in [1.807, 2.05) is 42.5 Å². The second kappa shape index (κ2) is 9.16. The van der Waals surface area contributed by atoms with Crippen LogP contribution in [-0.2, 0) is 6.61 Å². The molecule has 3 aromatic carbocycles. The van der Waals surface area contributed by atoms with Crippen molar-refractivity contribution in [3.8, 4) is 5.75 Å². The van der Waals surface area contributed by atoms with Crippen molar-refractivity contribution in [1.29, 1.82) is 0 Å². The van der Waals surface area contributed by atoms with E-state index in [4.69, 9.17) is 28.6 Å². The van der Waals surface area contributed by atoms with Crippen LogP contribution in [0.25, 0.3) is 0 Å². The normalized spacial score (nSPS) is 10.1. The first-order valence-corrected chi connectivity index (χ1v) is 9.04. The Hall–Kier alpha value is -2.89. The number of halogens is 1. The molecule has 0 fully saturated rings. The lowest BCUT2D eigenvalue weighted by molar-refractivity contribution is 0.0977. The van der Waals surface area contributed by atoms with Gasteiger partial charge in [-0.3, -0.25) is 10.1 Å². The van der Waals surface area contributed by atoms with E-state index >= 15 is 0 Å². The molecule has 4 nitrogen and oxygen atoms in total. The predicted molar refractivity (Wildman–Crippen MR) is 112 cm³/mol. The SMILES string of the molecule is O=C(NC(=S)Nc1ccccc1Cl)c1ccc(OCc2ccccc2)cc1. The van der Waals surface area contributed by atoms with E-state index in [0.29, 0.717) is 28.6 Å². The van der Waals surface area contributed by atoms with E-state index in [1.165, 1.54) is 0 Å². The number of ether oxygens (including phenoxy) is 1. The molecule has 3 aromatic rings. The van der Waals surface area contributed by atoms with Crippen molar-refractivity contribution in [2.75, 3.05) is 5.32 Å². The third-order valence-corrected chi connectivity index (χ3v) is 4.25. The van der Waals surface area contributed by atoms with Crippen molar-refractivity contribution in [2.45, 2.75) is 6.61 Å². The molecule has 0 aromatic heterocycles. The summed E-state index contributed by atoms with van der Waals surface area (Å²) in [4.78, 5) is 12.3. The van der Waals surface area contributed by atoms with Gasteiger partial charge in [-0.15, -0.1) is 0 Å². The minimum atomic E-state index is -0.311. The van der Waals surface area contributed by atoms with Crippen LogP contribution in [0.4, 0.5) is 5.69 Å². The summed E-state index contributed by atoms with van der Waals surface area (Å²) in [7, 11) is 0. The third kappa shape index (κ3) is 5.54. The van der Waals surface area contributed by atoms with Crippen LogP contribution in [0.2, 0.25) is 5.02 Å². The summed E-state index contributed by atoms with van der Waals surface area (Å²) in [5.41, 5.74) is 2.19. The van der Waals surface area contributed by atoms with Crippen molar-refractivity contribution < 1.29 is 9.53 Å². The fourth-order valence-corrected chi connectivity index (χ4v) is 2.72. The van der Waals surface area contributed by atoms with Crippen molar-refractivity contribution in [3.63, 3.8) is 0 Å². The van der Waals surface area contributed by atoms with Crippen molar-refractivity contribution in [2.24, 2.45) is 0 Å². The topological polar surface area (TPSA) is 50.4 Å². The van der Waals surface area contributed by atoms with E-state index < -0.39 is 0 Å². The molecule has 3 rings (SSSR count). The Kier molecular flexibility index (Phi) is 6.41. The van der Waals surface area contributed by atoms with Gasteiger partial charge in [-0.05, 0) is 54.2 Å². The monoisotopic (exact) mass is 396 g/mol. The Balaban J connectivity index is 1.54. The lowest BCUT2D eigenvalue weighted by Gasteiger charge is -2.11. The summed E-state index contributed by atoms with van der Waals surface area (Å²) < 4.78 is 5.72. The van der Waals surface area contributed by atoms with Gasteiger partial charge in [0.05, 0.1) is 10.7 Å². The maximum Gasteiger partial charge on any atom is 0.257 e. The number of rotatable bonds is 5. The van der Waals surface area contributed by atoms with Gasteiger partial charge in [-0.2, -0.15) is 0 Å². The molecule has 0 aliphatic heterocycles. The minimum Gasteiger partial charge on any atom is -0.489 e. The number of para-hydroxylation sites is 1. The molecule has 0 unspecified atom stereocenters. The van der Waals surface area contributed by atoms with Crippen molar-refractivity contribution in [1.82, 2.24) is 5.32 Å². The van der Waals surface area contributed by atoms with Gasteiger partial charge in [0.25, 0.3) is 5.91 Å². The molecule has 6 heteroatoms. The molecule has 27 heavy (non-hydrogen) atoms. The molecule has 0 heterocycles. The summed E-state index contributed by atoms with van der Waals surface area (Å²) in [6.45, 7) is 0.470. The van der Waals surface area contributed by atoms with Crippen molar-refractivity contribution in [3.05, 3.63) is 95.0 Å². The number of hydrogen-bond donors (Lipinski definition) is 2. The van der Waals surface area contributed by atoms with Crippen molar-refractivity contribution >= 4 is 40.5 Å². The molecule has 0 aliphatic rings. The first kappa shape index (κ1) is 18.9. The molecule has 0 spiro atoms. The Morgan fingerprint density at radius 3 is 2.30 bits per heavy atom. The van der Waals surface area contributed by atoms with Gasteiger partial charge in [0.1, 0.15) is 12.4 Å². The zero-order valence-electron chi connectivity index (χ0n) is 14.3. The van der Waals surface area contributed by atoms with Crippen LogP contribution in [0.5, 0.6) is 5.75 Å². The van der Waals surface area contributed by atoms with Crippen LogP contribution < -0.4 is 15.4 Å². The molecule has 0 bridgehead atoms. The molecule has 0 aliphatic carbocycles. The highest BCUT2D eigenvalue weighted by Crippen LogP contribution is 2.20. The summed E-state index contributed by atoms with van der Waals surface area (Å²) in [5.74, 6) is 0.376. The largest absolute Gasteiger partial charge is 0.489 e. The number of thiocarbonyl (C=S) groups is 1. The molecule has 0 saturated heterocycles. The van der Waals surface area contributed by atoms with E-state index in [1.54, 1.807) is 36.4 Å². The van der Waals surface area contributed by atoms with Gasteiger partial charge in [0.2, 0.25) is 0 Å². The van der Waals surface area contributed by atoms with Gasteiger partial charge in [0, 0.05) is 5.56 Å². The van der Waals surface area contributed by atoms with Crippen LogP contribution in [0.1, 0.15) is 15.9 Å². The molecule has 0 saturated carbocycles. The van der Waals surface area contributed by atoms with Crippen LogP contribution in [0.3, 0.4) is 0 Å². The molecule has 2 N–H and O–H groups in total. The van der Waals surface area contributed by atoms with E-state index in [9.17, 15) is 4.79 Å². The minimum absolute atomic E-state index is 0.178. The summed E-state index contributed by atoms with van der Waals surface area (Å²) in [6, 6.07) is 23.9. The lowest BCUT2D eigenvalue weighted by atomic mass is 10.2. The van der Waals surface area contributed by atoms with Gasteiger partial charge in [-0.1, -0.05) is 54.1 Å². The summed E-state index contributed by atoms with van der Waals surface area (Å²) in [5, 5.41) is 6.24. The molecule has 1 amide bonds. The highest BCUT2D eigenvalue weighted by atomic mass is 35.5. The quantitative estimate of drug-likeness (QED) is 0.593. The summed E-state index contributed by atoms with van der Waals surface area (Å²) >= 11 is 11.2. The Labute approximate surface area is 168 Å². The fraction of sp³-hybridized carbons (Fsp3) is 0.0476. The Morgan fingerprint density at radius 1 is 0.926 bits per heavy atom. The average Bonchev–Trinajstić information content (AvgIpc) is 2.69. The number of carbonyl (C=O) groups excluding carboxylic acids is 1. The van der Waals surface area contributed by atoms with Gasteiger partial charge >= 0.3 is 0 Å². The number of amides is 1. The second-order valence-electron chi connectivity index (χ2n) is 5.69. The second-order valence-corrected chi connectivity index (χ2v) is 6.50. The smallest absolute Gasteiger partial charge is 0.257 e. The maximum absolute atomic E-state index is 12.3. The predicted octanol–water partition coefficient (Wildman–Crippen LogP) is 5.05. The highest BCUT2D eigenvalue weighted by molar-refractivity contribution is 7.80. The van der Waals surface area contributed by atoms with Crippen LogP contribution in [0, 0.1) is 0 Å². The average molecular weight is 397 g/mol. The summed E-state index contributed by atoms with van der Waals surface area (Å²) in [6.07, 6.45) is 0. The molecule has 136 valence electrons. The Morgan fingerprint density at radius 2 is 1.59 bits per heavy atom. The zero-order valence-corrected chi connectivity index (χ0v) is 15.9. The van der Waals surface area contributed by atoms with Gasteiger partial charge < -0.3 is 10.1 Å². The fourth-order valence-electron chi connectivity index (χ4n) is 2.33. The lowest BCUT2D eigenvalue weighted by Crippen LogP contribution is -2.34. The number of nitrogens with one attached hydrogen (secondary N) is 2. The van der Waals surface area contributed by atoms with Crippen LogP contribution in [0.15, 0.2) is 78.9 Å². The van der Waals surface area contributed by atoms with Gasteiger partial charge in [0.15, 0.2) is 5.11 Å². The third-order valence-electron chi connectivity index (χ3n) is 3.71. The number of hydrogen-bond acceptors (Lipinski definition) is 3.